The summed E-state index contributed by atoms with van der Waals surface area (Å²) in [7, 11) is 0.473. The number of rotatable bonds is 8. The normalized spacial score (nSPS) is 24.6. The van der Waals surface area contributed by atoms with Crippen LogP contribution in [-0.2, 0) is 14.8 Å². The first-order valence-electron chi connectivity index (χ1n) is 9.27. The third-order valence-electron chi connectivity index (χ3n) is 5.63. The molecule has 2 rings (SSSR count). The lowest BCUT2D eigenvalue weighted by Gasteiger charge is -2.30. The standard InChI is InChI=1S/C17H34N4O3S/c1-18-16(19-12-15-6-10-21(13-15)25(3,22)23)20-14-17(9-11-24-2)7-4-5-8-17/h15H,4-14H2,1-3H3,(H2,18,19,20). The van der Waals surface area contributed by atoms with Crippen molar-refractivity contribution in [3.63, 3.8) is 0 Å². The van der Waals surface area contributed by atoms with Gasteiger partial charge >= 0.3 is 0 Å². The maximum Gasteiger partial charge on any atom is 0.211 e. The molecular formula is C17H34N4O3S. The van der Waals surface area contributed by atoms with E-state index in [-0.39, 0.29) is 0 Å². The Hall–Kier alpha value is -0.860. The SMILES string of the molecule is CN=C(NCC1CCN(S(C)(=O)=O)C1)NCC1(CCOC)CCCC1. The first-order valence-corrected chi connectivity index (χ1v) is 11.1. The first kappa shape index (κ1) is 20.5. The lowest BCUT2D eigenvalue weighted by molar-refractivity contribution is 0.138. The number of ether oxygens (including phenoxy) is 1. The molecular weight excluding hydrogens is 340 g/mol. The van der Waals surface area contributed by atoms with Crippen molar-refractivity contribution in [2.45, 2.75) is 38.5 Å². The van der Waals surface area contributed by atoms with Gasteiger partial charge in [-0.25, -0.2) is 12.7 Å². The smallest absolute Gasteiger partial charge is 0.211 e. The maximum atomic E-state index is 11.6. The number of sulfonamides is 1. The average Bonchev–Trinajstić information content (AvgIpc) is 3.23. The van der Waals surface area contributed by atoms with E-state index in [0.717, 1.165) is 38.5 Å². The number of nitrogens with zero attached hydrogens (tertiary/aromatic N) is 2. The van der Waals surface area contributed by atoms with E-state index in [9.17, 15) is 8.42 Å². The van der Waals surface area contributed by atoms with Crippen LogP contribution in [0.4, 0.5) is 0 Å². The third-order valence-corrected chi connectivity index (χ3v) is 6.90. The van der Waals surface area contributed by atoms with Crippen LogP contribution in [0.15, 0.2) is 4.99 Å². The van der Waals surface area contributed by atoms with Gasteiger partial charge in [-0.05, 0) is 37.0 Å². The van der Waals surface area contributed by atoms with Crippen LogP contribution >= 0.6 is 0 Å². The first-order chi connectivity index (χ1) is 11.9. The number of guanidine groups is 1. The molecule has 2 fully saturated rings. The van der Waals surface area contributed by atoms with E-state index in [1.807, 2.05) is 0 Å². The fraction of sp³-hybridized carbons (Fsp3) is 0.941. The summed E-state index contributed by atoms with van der Waals surface area (Å²) in [6, 6.07) is 0. The minimum atomic E-state index is -3.07. The molecule has 1 atom stereocenters. The van der Waals surface area contributed by atoms with Crippen LogP contribution in [0.5, 0.6) is 0 Å². The van der Waals surface area contributed by atoms with E-state index in [1.54, 1.807) is 18.5 Å². The molecule has 0 aromatic rings. The Balaban J connectivity index is 1.77. The van der Waals surface area contributed by atoms with Crippen LogP contribution in [0, 0.1) is 11.3 Å². The van der Waals surface area contributed by atoms with Gasteiger partial charge in [0.15, 0.2) is 5.96 Å². The van der Waals surface area contributed by atoms with Gasteiger partial charge in [-0.15, -0.1) is 0 Å². The Morgan fingerprint density at radius 2 is 2.04 bits per heavy atom. The van der Waals surface area contributed by atoms with E-state index < -0.39 is 10.0 Å². The van der Waals surface area contributed by atoms with Crippen molar-refractivity contribution in [2.75, 3.05) is 53.2 Å². The summed E-state index contributed by atoms with van der Waals surface area (Å²) in [5.74, 6) is 1.14. The monoisotopic (exact) mass is 374 g/mol. The Morgan fingerprint density at radius 3 is 2.60 bits per heavy atom. The van der Waals surface area contributed by atoms with Crippen molar-refractivity contribution in [3.8, 4) is 0 Å². The van der Waals surface area contributed by atoms with E-state index in [4.69, 9.17) is 4.74 Å². The summed E-state index contributed by atoms with van der Waals surface area (Å²) in [6.45, 7) is 3.68. The number of nitrogens with one attached hydrogen (secondary N) is 2. The van der Waals surface area contributed by atoms with Gasteiger partial charge in [-0.2, -0.15) is 0 Å². The molecule has 0 amide bonds. The number of hydrogen-bond donors (Lipinski definition) is 2. The maximum absolute atomic E-state index is 11.6. The van der Waals surface area contributed by atoms with Crippen molar-refractivity contribution in [3.05, 3.63) is 0 Å². The molecule has 146 valence electrons. The molecule has 0 bridgehead atoms. The van der Waals surface area contributed by atoms with Crippen molar-refractivity contribution in [2.24, 2.45) is 16.3 Å². The summed E-state index contributed by atoms with van der Waals surface area (Å²) in [5, 5.41) is 6.84. The Morgan fingerprint density at radius 1 is 1.32 bits per heavy atom. The van der Waals surface area contributed by atoms with Gasteiger partial charge in [0.2, 0.25) is 10.0 Å². The van der Waals surface area contributed by atoms with Gasteiger partial charge in [0.05, 0.1) is 6.26 Å². The molecule has 1 unspecified atom stereocenters. The number of hydrogen-bond acceptors (Lipinski definition) is 4. The zero-order chi connectivity index (χ0) is 18.3. The van der Waals surface area contributed by atoms with Gasteiger partial charge in [-0.3, -0.25) is 4.99 Å². The molecule has 0 aromatic heterocycles. The summed E-state index contributed by atoms with van der Waals surface area (Å²) in [6.07, 6.45) is 8.33. The lowest BCUT2D eigenvalue weighted by atomic mass is 9.83. The van der Waals surface area contributed by atoms with E-state index >= 15 is 0 Å². The predicted molar refractivity (Wildman–Crippen MR) is 101 cm³/mol. The van der Waals surface area contributed by atoms with Gasteiger partial charge in [0.25, 0.3) is 0 Å². The summed E-state index contributed by atoms with van der Waals surface area (Å²) in [5.41, 5.74) is 0.314. The Bertz CT molecular complexity index is 544. The minimum absolute atomic E-state index is 0.314. The number of methoxy groups -OCH3 is 1. The highest BCUT2D eigenvalue weighted by Gasteiger charge is 2.33. The second-order valence-corrected chi connectivity index (χ2v) is 9.51. The predicted octanol–water partition coefficient (Wildman–Crippen LogP) is 1.03. The van der Waals surface area contributed by atoms with Crippen LogP contribution < -0.4 is 10.6 Å². The highest BCUT2D eigenvalue weighted by atomic mass is 32.2. The number of aliphatic imine (C=N–C) groups is 1. The second kappa shape index (κ2) is 9.19. The van der Waals surface area contributed by atoms with Crippen LogP contribution in [0.25, 0.3) is 0 Å². The molecule has 2 aliphatic rings. The van der Waals surface area contributed by atoms with E-state index in [1.165, 1.54) is 31.9 Å². The topological polar surface area (TPSA) is 83.0 Å². The molecule has 0 aromatic carbocycles. The molecule has 1 heterocycles. The average molecular weight is 375 g/mol. The van der Waals surface area contributed by atoms with Gasteiger partial charge in [-0.1, -0.05) is 12.8 Å². The third kappa shape index (κ3) is 6.11. The largest absolute Gasteiger partial charge is 0.385 e. The van der Waals surface area contributed by atoms with Crippen LogP contribution in [0.3, 0.4) is 0 Å². The van der Waals surface area contributed by atoms with Crippen molar-refractivity contribution < 1.29 is 13.2 Å². The fourth-order valence-electron chi connectivity index (χ4n) is 3.96. The Kier molecular flexibility index (Phi) is 7.51. The molecule has 1 saturated carbocycles. The van der Waals surface area contributed by atoms with E-state index in [2.05, 4.69) is 15.6 Å². The molecule has 2 N–H and O–H groups in total. The van der Waals surface area contributed by atoms with Crippen molar-refractivity contribution in [1.82, 2.24) is 14.9 Å². The quantitative estimate of drug-likeness (QED) is 0.490. The van der Waals surface area contributed by atoms with E-state index in [0.29, 0.717) is 24.4 Å². The van der Waals surface area contributed by atoms with Crippen LogP contribution in [0.1, 0.15) is 38.5 Å². The highest BCUT2D eigenvalue weighted by molar-refractivity contribution is 7.88. The zero-order valence-corrected chi connectivity index (χ0v) is 16.7. The fourth-order valence-corrected chi connectivity index (χ4v) is 4.88. The molecule has 1 aliphatic heterocycles. The molecule has 1 saturated heterocycles. The molecule has 1 aliphatic carbocycles. The van der Waals surface area contributed by atoms with Crippen LogP contribution in [0.2, 0.25) is 0 Å². The van der Waals surface area contributed by atoms with Gasteiger partial charge in [0.1, 0.15) is 0 Å². The second-order valence-electron chi connectivity index (χ2n) is 7.53. The molecule has 8 heteroatoms. The summed E-state index contributed by atoms with van der Waals surface area (Å²) in [4.78, 5) is 4.32. The van der Waals surface area contributed by atoms with Gasteiger partial charge < -0.3 is 15.4 Å². The van der Waals surface area contributed by atoms with Crippen molar-refractivity contribution >= 4 is 16.0 Å². The van der Waals surface area contributed by atoms with Crippen LogP contribution in [-0.4, -0.2) is 71.9 Å². The van der Waals surface area contributed by atoms with Gasteiger partial charge in [0, 0.05) is 46.9 Å². The molecule has 7 nitrogen and oxygen atoms in total. The summed E-state index contributed by atoms with van der Waals surface area (Å²) < 4.78 is 30.1. The molecule has 0 radical (unpaired) electrons. The Labute approximate surface area is 152 Å². The zero-order valence-electron chi connectivity index (χ0n) is 15.9. The lowest BCUT2D eigenvalue weighted by Crippen LogP contribution is -2.45. The molecule has 0 spiro atoms. The highest BCUT2D eigenvalue weighted by Crippen LogP contribution is 2.40. The minimum Gasteiger partial charge on any atom is -0.385 e. The summed E-state index contributed by atoms with van der Waals surface area (Å²) >= 11 is 0. The molecule has 25 heavy (non-hydrogen) atoms. The van der Waals surface area contributed by atoms with Crippen molar-refractivity contribution in [1.29, 1.82) is 0 Å².